The van der Waals surface area contributed by atoms with Gasteiger partial charge in [0, 0.05) is 18.3 Å². The van der Waals surface area contributed by atoms with E-state index in [-0.39, 0.29) is 12.4 Å². The summed E-state index contributed by atoms with van der Waals surface area (Å²) in [5.74, 6) is -0.584. The highest BCUT2D eigenvalue weighted by Gasteiger charge is 2.36. The second-order valence-corrected chi connectivity index (χ2v) is 6.12. The molecule has 2 rings (SSSR count). The number of rotatable bonds is 6. The Morgan fingerprint density at radius 1 is 1.08 bits per heavy atom. The van der Waals surface area contributed by atoms with Crippen LogP contribution in [0.15, 0.2) is 48.5 Å². The first kappa shape index (κ1) is 18.4. The minimum absolute atomic E-state index is 0.217. The normalized spacial score (nSPS) is 10.9. The van der Waals surface area contributed by atoms with Gasteiger partial charge in [-0.3, -0.25) is 9.59 Å². The summed E-state index contributed by atoms with van der Waals surface area (Å²) in [4.78, 5) is 24.9. The van der Waals surface area contributed by atoms with Crippen LogP contribution in [-0.4, -0.2) is 18.9 Å². The SMILES string of the molecule is COc1cccc(NC(=O)C(C)(C)C(=O)NCc2ccc(F)cc2)c1. The molecule has 25 heavy (non-hydrogen) atoms. The summed E-state index contributed by atoms with van der Waals surface area (Å²) in [5.41, 5.74) is 0.0193. The maximum absolute atomic E-state index is 12.9. The first-order chi connectivity index (χ1) is 11.8. The Bertz CT molecular complexity index is 758. The van der Waals surface area contributed by atoms with E-state index in [0.29, 0.717) is 11.4 Å². The van der Waals surface area contributed by atoms with Gasteiger partial charge in [0.05, 0.1) is 7.11 Å². The van der Waals surface area contributed by atoms with Gasteiger partial charge < -0.3 is 15.4 Å². The van der Waals surface area contributed by atoms with E-state index in [9.17, 15) is 14.0 Å². The minimum Gasteiger partial charge on any atom is -0.497 e. The molecule has 0 aromatic heterocycles. The lowest BCUT2D eigenvalue weighted by atomic mass is 9.90. The van der Waals surface area contributed by atoms with Crippen LogP contribution in [0.5, 0.6) is 5.75 Å². The summed E-state index contributed by atoms with van der Waals surface area (Å²) >= 11 is 0. The van der Waals surface area contributed by atoms with Crippen LogP contribution in [0.4, 0.5) is 10.1 Å². The zero-order valence-corrected chi connectivity index (χ0v) is 14.4. The molecule has 0 fully saturated rings. The van der Waals surface area contributed by atoms with Crippen molar-refractivity contribution in [2.75, 3.05) is 12.4 Å². The van der Waals surface area contributed by atoms with Crippen LogP contribution in [0, 0.1) is 11.2 Å². The Balaban J connectivity index is 1.98. The van der Waals surface area contributed by atoms with Crippen molar-refractivity contribution in [1.82, 2.24) is 5.32 Å². The molecule has 0 aliphatic heterocycles. The fraction of sp³-hybridized carbons (Fsp3) is 0.263. The predicted octanol–water partition coefficient (Wildman–Crippen LogP) is 3.12. The standard InChI is InChI=1S/C19H21FN2O3/c1-19(2,17(23)21-12-13-7-9-14(20)10-8-13)18(24)22-15-5-4-6-16(11-15)25-3/h4-11H,12H2,1-3H3,(H,21,23)(H,22,24). The van der Waals surface area contributed by atoms with E-state index < -0.39 is 17.2 Å². The number of methoxy groups -OCH3 is 1. The van der Waals surface area contributed by atoms with Gasteiger partial charge in [0.25, 0.3) is 0 Å². The van der Waals surface area contributed by atoms with Gasteiger partial charge in [0.1, 0.15) is 17.0 Å². The lowest BCUT2D eigenvalue weighted by Gasteiger charge is -2.23. The van der Waals surface area contributed by atoms with Gasteiger partial charge in [-0.25, -0.2) is 4.39 Å². The average Bonchev–Trinajstić information content (AvgIpc) is 2.61. The average molecular weight is 344 g/mol. The van der Waals surface area contributed by atoms with Crippen molar-refractivity contribution in [3.63, 3.8) is 0 Å². The first-order valence-corrected chi connectivity index (χ1v) is 7.81. The number of carbonyl (C=O) groups is 2. The molecule has 0 aliphatic carbocycles. The number of amides is 2. The molecule has 2 aromatic rings. The molecule has 0 spiro atoms. The summed E-state index contributed by atoms with van der Waals surface area (Å²) in [6.07, 6.45) is 0. The predicted molar refractivity (Wildman–Crippen MR) is 93.7 cm³/mol. The minimum atomic E-state index is -1.27. The third-order valence-corrected chi connectivity index (χ3v) is 3.83. The van der Waals surface area contributed by atoms with E-state index in [2.05, 4.69) is 10.6 Å². The molecule has 2 amide bonds. The summed E-state index contributed by atoms with van der Waals surface area (Å²) in [6.45, 7) is 3.31. The van der Waals surface area contributed by atoms with Crippen molar-refractivity contribution < 1.29 is 18.7 Å². The molecule has 0 aliphatic rings. The van der Waals surface area contributed by atoms with Gasteiger partial charge in [-0.2, -0.15) is 0 Å². The van der Waals surface area contributed by atoms with Crippen LogP contribution in [0.2, 0.25) is 0 Å². The zero-order valence-electron chi connectivity index (χ0n) is 14.4. The maximum Gasteiger partial charge on any atom is 0.239 e. The molecule has 0 atom stereocenters. The summed E-state index contributed by atoms with van der Waals surface area (Å²) in [6, 6.07) is 12.7. The molecular formula is C19H21FN2O3. The van der Waals surface area contributed by atoms with Crippen molar-refractivity contribution in [2.45, 2.75) is 20.4 Å². The highest BCUT2D eigenvalue weighted by molar-refractivity contribution is 6.09. The Hall–Kier alpha value is -2.89. The Kier molecular flexibility index (Phi) is 5.75. The van der Waals surface area contributed by atoms with Gasteiger partial charge in [0.15, 0.2) is 0 Å². The molecule has 5 nitrogen and oxygen atoms in total. The Labute approximate surface area is 146 Å². The zero-order chi connectivity index (χ0) is 18.4. The number of anilines is 1. The van der Waals surface area contributed by atoms with Gasteiger partial charge in [0.2, 0.25) is 11.8 Å². The largest absolute Gasteiger partial charge is 0.497 e. The number of halogens is 1. The molecule has 0 saturated carbocycles. The second-order valence-electron chi connectivity index (χ2n) is 6.12. The topological polar surface area (TPSA) is 67.4 Å². The third kappa shape index (κ3) is 4.79. The summed E-state index contributed by atoms with van der Waals surface area (Å²) < 4.78 is 18.0. The maximum atomic E-state index is 12.9. The van der Waals surface area contributed by atoms with Crippen LogP contribution < -0.4 is 15.4 Å². The van der Waals surface area contributed by atoms with E-state index in [1.54, 1.807) is 50.2 Å². The highest BCUT2D eigenvalue weighted by Crippen LogP contribution is 2.22. The van der Waals surface area contributed by atoms with Gasteiger partial charge >= 0.3 is 0 Å². The molecular weight excluding hydrogens is 323 g/mol. The number of benzene rings is 2. The van der Waals surface area contributed by atoms with E-state index in [1.807, 2.05) is 0 Å². The summed E-state index contributed by atoms with van der Waals surface area (Å²) in [7, 11) is 1.54. The van der Waals surface area contributed by atoms with E-state index in [4.69, 9.17) is 4.74 Å². The molecule has 6 heteroatoms. The van der Waals surface area contributed by atoms with Gasteiger partial charge in [-0.05, 0) is 43.7 Å². The molecule has 0 radical (unpaired) electrons. The number of nitrogens with one attached hydrogen (secondary N) is 2. The van der Waals surface area contributed by atoms with Crippen LogP contribution in [0.1, 0.15) is 19.4 Å². The van der Waals surface area contributed by atoms with Gasteiger partial charge in [-0.1, -0.05) is 18.2 Å². The third-order valence-electron chi connectivity index (χ3n) is 3.83. The van der Waals surface area contributed by atoms with E-state index >= 15 is 0 Å². The Morgan fingerprint density at radius 2 is 1.76 bits per heavy atom. The van der Waals surface area contributed by atoms with Crippen molar-refractivity contribution >= 4 is 17.5 Å². The quantitative estimate of drug-likeness (QED) is 0.791. The lowest BCUT2D eigenvalue weighted by molar-refractivity contribution is -0.138. The molecule has 2 aromatic carbocycles. The number of hydrogen-bond acceptors (Lipinski definition) is 3. The van der Waals surface area contributed by atoms with Crippen molar-refractivity contribution in [1.29, 1.82) is 0 Å². The van der Waals surface area contributed by atoms with Crippen LogP contribution in [0.25, 0.3) is 0 Å². The summed E-state index contributed by atoms with van der Waals surface area (Å²) in [5, 5.41) is 5.42. The van der Waals surface area contributed by atoms with Crippen molar-refractivity contribution in [3.8, 4) is 5.75 Å². The molecule has 2 N–H and O–H groups in total. The smallest absolute Gasteiger partial charge is 0.239 e. The fourth-order valence-corrected chi connectivity index (χ4v) is 2.10. The number of carbonyl (C=O) groups excluding carboxylic acids is 2. The van der Waals surface area contributed by atoms with E-state index in [1.165, 1.54) is 19.2 Å². The molecule has 0 unspecified atom stereocenters. The molecule has 132 valence electrons. The fourth-order valence-electron chi connectivity index (χ4n) is 2.10. The number of hydrogen-bond donors (Lipinski definition) is 2. The molecule has 0 bridgehead atoms. The van der Waals surface area contributed by atoms with Crippen LogP contribution in [-0.2, 0) is 16.1 Å². The van der Waals surface area contributed by atoms with Gasteiger partial charge in [-0.15, -0.1) is 0 Å². The monoisotopic (exact) mass is 344 g/mol. The highest BCUT2D eigenvalue weighted by atomic mass is 19.1. The van der Waals surface area contributed by atoms with Crippen molar-refractivity contribution in [3.05, 3.63) is 59.9 Å². The van der Waals surface area contributed by atoms with E-state index in [0.717, 1.165) is 5.56 Å². The van der Waals surface area contributed by atoms with Crippen molar-refractivity contribution in [2.24, 2.45) is 5.41 Å². The van der Waals surface area contributed by atoms with Crippen LogP contribution in [0.3, 0.4) is 0 Å². The lowest BCUT2D eigenvalue weighted by Crippen LogP contribution is -2.44. The second kappa shape index (κ2) is 7.79. The Morgan fingerprint density at radius 3 is 2.40 bits per heavy atom. The first-order valence-electron chi connectivity index (χ1n) is 7.81. The molecule has 0 heterocycles. The molecule has 0 saturated heterocycles. The van der Waals surface area contributed by atoms with Crippen LogP contribution >= 0.6 is 0 Å². The number of ether oxygens (including phenoxy) is 1.